The average molecular weight is 252 g/mol. The summed E-state index contributed by atoms with van der Waals surface area (Å²) in [5, 5.41) is 0. The molecule has 0 saturated heterocycles. The van der Waals surface area contributed by atoms with Gasteiger partial charge in [-0.3, -0.25) is 4.57 Å². The predicted molar refractivity (Wildman–Crippen MR) is 75.5 cm³/mol. The van der Waals surface area contributed by atoms with Crippen LogP contribution in [0.15, 0.2) is 36.7 Å². The molecule has 2 aromatic heterocycles. The number of benzene rings is 1. The number of rotatable bonds is 2. The minimum atomic E-state index is 0.384. The van der Waals surface area contributed by atoms with E-state index in [1.165, 1.54) is 0 Å². The van der Waals surface area contributed by atoms with E-state index < -0.39 is 0 Å². The summed E-state index contributed by atoms with van der Waals surface area (Å²) in [5.74, 6) is 1.08. The van der Waals surface area contributed by atoms with Gasteiger partial charge in [0.2, 0.25) is 5.95 Å². The lowest BCUT2D eigenvalue weighted by molar-refractivity contribution is 0.789. The number of para-hydroxylation sites is 2. The van der Waals surface area contributed by atoms with Crippen LogP contribution in [0.2, 0.25) is 0 Å². The summed E-state index contributed by atoms with van der Waals surface area (Å²) in [6, 6.07) is 10.0. The van der Waals surface area contributed by atoms with Crippen molar-refractivity contribution in [2.45, 2.75) is 26.7 Å². The Morgan fingerprint density at radius 3 is 2.68 bits per heavy atom. The van der Waals surface area contributed by atoms with Crippen LogP contribution in [-0.4, -0.2) is 19.5 Å². The van der Waals surface area contributed by atoms with Gasteiger partial charge in [0.05, 0.1) is 11.0 Å². The first-order chi connectivity index (χ1) is 9.15. The van der Waals surface area contributed by atoms with E-state index in [2.05, 4.69) is 28.8 Å². The Balaban J connectivity index is 2.21. The highest BCUT2D eigenvalue weighted by molar-refractivity contribution is 5.76. The number of nitrogens with zero attached hydrogens (tertiary/aromatic N) is 4. The molecule has 0 amide bonds. The van der Waals surface area contributed by atoms with E-state index in [-0.39, 0.29) is 0 Å². The van der Waals surface area contributed by atoms with Gasteiger partial charge in [-0.1, -0.05) is 26.0 Å². The normalized spacial score (nSPS) is 11.4. The third-order valence-electron chi connectivity index (χ3n) is 3.12. The number of hydrogen-bond donors (Lipinski definition) is 0. The third-order valence-corrected chi connectivity index (χ3v) is 3.12. The molecule has 0 aliphatic rings. The van der Waals surface area contributed by atoms with Crippen molar-refractivity contribution >= 4 is 11.0 Å². The van der Waals surface area contributed by atoms with Crippen LogP contribution >= 0.6 is 0 Å². The Bertz CT molecular complexity index is 728. The van der Waals surface area contributed by atoms with Crippen LogP contribution < -0.4 is 0 Å². The molecule has 0 unspecified atom stereocenters. The molecule has 2 heterocycles. The second-order valence-electron chi connectivity index (χ2n) is 4.99. The van der Waals surface area contributed by atoms with Crippen molar-refractivity contribution in [2.75, 3.05) is 0 Å². The standard InChI is InChI=1S/C15H16N4/c1-10(2)13-8-11(3)17-15(18-13)19-9-16-12-6-4-5-7-14(12)19/h4-10H,1-3H3. The van der Waals surface area contributed by atoms with Gasteiger partial charge in [0.1, 0.15) is 6.33 Å². The Hall–Kier alpha value is -2.23. The van der Waals surface area contributed by atoms with E-state index in [1.54, 1.807) is 6.33 Å². The quantitative estimate of drug-likeness (QED) is 0.703. The monoisotopic (exact) mass is 252 g/mol. The van der Waals surface area contributed by atoms with Gasteiger partial charge in [-0.2, -0.15) is 0 Å². The van der Waals surface area contributed by atoms with Crippen LogP contribution in [0.25, 0.3) is 17.0 Å². The molecule has 96 valence electrons. The zero-order chi connectivity index (χ0) is 13.4. The minimum absolute atomic E-state index is 0.384. The molecule has 4 nitrogen and oxygen atoms in total. The summed E-state index contributed by atoms with van der Waals surface area (Å²) in [6.45, 7) is 6.27. The summed E-state index contributed by atoms with van der Waals surface area (Å²) < 4.78 is 1.94. The van der Waals surface area contributed by atoms with Crippen LogP contribution in [0.3, 0.4) is 0 Å². The van der Waals surface area contributed by atoms with Crippen molar-refractivity contribution in [1.29, 1.82) is 0 Å². The molecular formula is C15H16N4. The fraction of sp³-hybridized carbons (Fsp3) is 0.267. The minimum Gasteiger partial charge on any atom is -0.267 e. The summed E-state index contributed by atoms with van der Waals surface area (Å²) in [7, 11) is 0. The molecule has 3 rings (SSSR count). The van der Waals surface area contributed by atoms with Gasteiger partial charge >= 0.3 is 0 Å². The van der Waals surface area contributed by atoms with Crippen molar-refractivity contribution in [1.82, 2.24) is 19.5 Å². The molecule has 19 heavy (non-hydrogen) atoms. The fourth-order valence-corrected chi connectivity index (χ4v) is 2.10. The lowest BCUT2D eigenvalue weighted by Crippen LogP contribution is -2.05. The van der Waals surface area contributed by atoms with Crippen LogP contribution in [0, 0.1) is 6.92 Å². The van der Waals surface area contributed by atoms with Gasteiger partial charge in [0.15, 0.2) is 0 Å². The van der Waals surface area contributed by atoms with E-state index in [4.69, 9.17) is 0 Å². The molecule has 4 heteroatoms. The van der Waals surface area contributed by atoms with Crippen LogP contribution in [0.1, 0.15) is 31.2 Å². The maximum Gasteiger partial charge on any atom is 0.235 e. The van der Waals surface area contributed by atoms with Crippen molar-refractivity contribution in [3.63, 3.8) is 0 Å². The van der Waals surface area contributed by atoms with Crippen molar-refractivity contribution in [2.24, 2.45) is 0 Å². The van der Waals surface area contributed by atoms with Gasteiger partial charge in [-0.25, -0.2) is 15.0 Å². The molecule has 1 aromatic carbocycles. The Morgan fingerprint density at radius 2 is 1.89 bits per heavy atom. The largest absolute Gasteiger partial charge is 0.267 e. The SMILES string of the molecule is Cc1cc(C(C)C)nc(-n2cnc3ccccc32)n1. The Kier molecular flexibility index (Phi) is 2.78. The molecule has 0 atom stereocenters. The Morgan fingerprint density at radius 1 is 1.11 bits per heavy atom. The van der Waals surface area contributed by atoms with Gasteiger partial charge < -0.3 is 0 Å². The maximum atomic E-state index is 4.64. The van der Waals surface area contributed by atoms with Crippen molar-refractivity contribution < 1.29 is 0 Å². The first-order valence-electron chi connectivity index (χ1n) is 6.43. The molecule has 0 spiro atoms. The summed E-state index contributed by atoms with van der Waals surface area (Å²) in [4.78, 5) is 13.5. The van der Waals surface area contributed by atoms with E-state index in [0.717, 1.165) is 22.4 Å². The highest BCUT2D eigenvalue weighted by Gasteiger charge is 2.10. The first kappa shape index (κ1) is 11.8. The van der Waals surface area contributed by atoms with Gasteiger partial charge in [0, 0.05) is 11.4 Å². The zero-order valence-electron chi connectivity index (χ0n) is 11.3. The molecule has 0 bridgehead atoms. The second kappa shape index (κ2) is 4.46. The predicted octanol–water partition coefficient (Wildman–Crippen LogP) is 3.25. The number of fused-ring (bicyclic) bond motifs is 1. The third kappa shape index (κ3) is 2.10. The molecule has 0 N–H and O–H groups in total. The number of aryl methyl sites for hydroxylation is 1. The summed E-state index contributed by atoms with van der Waals surface area (Å²) in [6.07, 6.45) is 1.78. The van der Waals surface area contributed by atoms with E-state index in [1.807, 2.05) is 41.8 Å². The summed E-state index contributed by atoms with van der Waals surface area (Å²) >= 11 is 0. The zero-order valence-corrected chi connectivity index (χ0v) is 11.3. The highest BCUT2D eigenvalue weighted by Crippen LogP contribution is 2.18. The lowest BCUT2D eigenvalue weighted by atomic mass is 10.1. The van der Waals surface area contributed by atoms with E-state index >= 15 is 0 Å². The van der Waals surface area contributed by atoms with Crippen LogP contribution in [0.4, 0.5) is 0 Å². The first-order valence-corrected chi connectivity index (χ1v) is 6.43. The second-order valence-corrected chi connectivity index (χ2v) is 4.99. The molecule has 0 radical (unpaired) electrons. The topological polar surface area (TPSA) is 43.6 Å². The lowest BCUT2D eigenvalue weighted by Gasteiger charge is -2.09. The van der Waals surface area contributed by atoms with Crippen molar-refractivity contribution in [3.8, 4) is 5.95 Å². The molecule has 0 fully saturated rings. The molecule has 0 saturated carbocycles. The maximum absolute atomic E-state index is 4.64. The average Bonchev–Trinajstić information content (AvgIpc) is 2.81. The molecular weight excluding hydrogens is 236 g/mol. The van der Waals surface area contributed by atoms with E-state index in [0.29, 0.717) is 11.9 Å². The molecule has 0 aliphatic carbocycles. The van der Waals surface area contributed by atoms with Gasteiger partial charge in [0.25, 0.3) is 0 Å². The van der Waals surface area contributed by atoms with Crippen LogP contribution in [0.5, 0.6) is 0 Å². The number of imidazole rings is 1. The number of hydrogen-bond acceptors (Lipinski definition) is 3. The summed E-state index contributed by atoms with van der Waals surface area (Å²) in [5.41, 5.74) is 4.02. The van der Waals surface area contributed by atoms with E-state index in [9.17, 15) is 0 Å². The number of aromatic nitrogens is 4. The molecule has 3 aromatic rings. The highest BCUT2D eigenvalue weighted by atomic mass is 15.2. The van der Waals surface area contributed by atoms with Crippen molar-refractivity contribution in [3.05, 3.63) is 48.0 Å². The smallest absolute Gasteiger partial charge is 0.235 e. The van der Waals surface area contributed by atoms with Gasteiger partial charge in [-0.15, -0.1) is 0 Å². The van der Waals surface area contributed by atoms with Gasteiger partial charge in [-0.05, 0) is 31.0 Å². The Labute approximate surface area is 112 Å². The fourth-order valence-electron chi connectivity index (χ4n) is 2.10. The van der Waals surface area contributed by atoms with Crippen LogP contribution in [-0.2, 0) is 0 Å². The molecule has 0 aliphatic heterocycles.